The molecule has 1 heterocycles. The zero-order valence-electron chi connectivity index (χ0n) is 8.21. The van der Waals surface area contributed by atoms with Gasteiger partial charge in [-0.1, -0.05) is 13.8 Å². The van der Waals surface area contributed by atoms with Crippen LogP contribution in [0.1, 0.15) is 34.6 Å². The first-order chi connectivity index (χ1) is 5.27. The fourth-order valence-corrected chi connectivity index (χ4v) is 2.10. The summed E-state index contributed by atoms with van der Waals surface area (Å²) in [5.41, 5.74) is -0.531. The molecule has 3 nitrogen and oxygen atoms in total. The highest BCUT2D eigenvalue weighted by Crippen LogP contribution is 2.42. The van der Waals surface area contributed by atoms with Crippen LogP contribution in [0.25, 0.3) is 0 Å². The van der Waals surface area contributed by atoms with E-state index in [4.69, 9.17) is 8.37 Å². The molecule has 12 heavy (non-hydrogen) atoms. The average Bonchev–Trinajstić information content (AvgIpc) is 1.82. The normalized spacial score (nSPS) is 39.4. The van der Waals surface area contributed by atoms with Crippen molar-refractivity contribution in [1.29, 1.82) is 0 Å². The second kappa shape index (κ2) is 2.79. The second-order valence-corrected chi connectivity index (χ2v) is 5.03. The maximum atomic E-state index is 11.0. The molecular weight excluding hydrogens is 176 g/mol. The van der Waals surface area contributed by atoms with Crippen LogP contribution in [-0.4, -0.2) is 15.9 Å². The van der Waals surface area contributed by atoms with Crippen LogP contribution in [0.5, 0.6) is 0 Å². The molecule has 0 saturated carbocycles. The monoisotopic (exact) mass is 192 g/mol. The SMILES string of the molecule is C[C@H]1O[S@](=O)OC(C)(C)C1(C)C. The number of hydrogen-bond donors (Lipinski definition) is 0. The van der Waals surface area contributed by atoms with E-state index in [1.165, 1.54) is 0 Å². The zero-order chi connectivity index (χ0) is 9.57. The summed E-state index contributed by atoms with van der Waals surface area (Å²) < 4.78 is 21.3. The van der Waals surface area contributed by atoms with E-state index in [0.717, 1.165) is 0 Å². The molecule has 72 valence electrons. The molecule has 0 unspecified atom stereocenters. The maximum Gasteiger partial charge on any atom is 0.305 e. The molecule has 0 aromatic heterocycles. The van der Waals surface area contributed by atoms with Crippen LogP contribution in [0.3, 0.4) is 0 Å². The summed E-state index contributed by atoms with van der Waals surface area (Å²) in [6.07, 6.45) is -0.0536. The Balaban J connectivity index is 2.94. The predicted octanol–water partition coefficient (Wildman–Crippen LogP) is 1.81. The third kappa shape index (κ3) is 1.43. The standard InChI is InChI=1S/C8H16O3S/c1-6-7(2,3)8(4,5)11-12(9)10-6/h6H,1-5H3/t6-,12+/m1/s1. The largest absolute Gasteiger partial charge is 0.305 e. The number of hydrogen-bond acceptors (Lipinski definition) is 3. The molecule has 1 rings (SSSR count). The Hall–Kier alpha value is 0.0700. The van der Waals surface area contributed by atoms with Gasteiger partial charge >= 0.3 is 11.4 Å². The minimum absolute atomic E-state index is 0.0536. The topological polar surface area (TPSA) is 35.5 Å². The molecule has 0 radical (unpaired) electrons. The molecule has 0 N–H and O–H groups in total. The molecule has 1 aliphatic rings. The quantitative estimate of drug-likeness (QED) is 0.587. The third-order valence-electron chi connectivity index (χ3n) is 3.07. The molecule has 0 bridgehead atoms. The first kappa shape index (κ1) is 10.2. The van der Waals surface area contributed by atoms with Crippen molar-refractivity contribution >= 4 is 11.4 Å². The summed E-state index contributed by atoms with van der Waals surface area (Å²) in [6, 6.07) is 0. The first-order valence-electron chi connectivity index (χ1n) is 4.06. The summed E-state index contributed by atoms with van der Waals surface area (Å²) in [6.45, 7) is 9.89. The van der Waals surface area contributed by atoms with Gasteiger partial charge in [0.05, 0.1) is 11.7 Å². The van der Waals surface area contributed by atoms with Crippen molar-refractivity contribution in [3.63, 3.8) is 0 Å². The smallest absolute Gasteiger partial charge is 0.265 e. The average molecular weight is 192 g/mol. The van der Waals surface area contributed by atoms with E-state index in [-0.39, 0.29) is 11.5 Å². The van der Waals surface area contributed by atoms with Gasteiger partial charge < -0.3 is 0 Å². The lowest BCUT2D eigenvalue weighted by Gasteiger charge is -2.47. The van der Waals surface area contributed by atoms with Gasteiger partial charge in [0.2, 0.25) is 0 Å². The van der Waals surface area contributed by atoms with Crippen molar-refractivity contribution in [3.8, 4) is 0 Å². The summed E-state index contributed by atoms with van der Waals surface area (Å²) in [7, 11) is 0. The summed E-state index contributed by atoms with van der Waals surface area (Å²) >= 11 is -1.59. The molecular formula is C8H16O3S. The van der Waals surface area contributed by atoms with Gasteiger partial charge in [-0.05, 0) is 20.8 Å². The molecule has 1 saturated heterocycles. The van der Waals surface area contributed by atoms with Gasteiger partial charge in [-0.15, -0.1) is 0 Å². The Labute approximate surface area is 76.3 Å². The maximum absolute atomic E-state index is 11.0. The van der Waals surface area contributed by atoms with Crippen molar-refractivity contribution in [2.45, 2.75) is 46.3 Å². The van der Waals surface area contributed by atoms with E-state index in [9.17, 15) is 4.21 Å². The molecule has 1 fully saturated rings. The molecule has 2 atom stereocenters. The molecule has 1 aliphatic heterocycles. The highest BCUT2D eigenvalue weighted by Gasteiger charge is 2.49. The lowest BCUT2D eigenvalue weighted by atomic mass is 9.73. The Morgan fingerprint density at radius 2 is 1.75 bits per heavy atom. The fourth-order valence-electron chi connectivity index (χ4n) is 1.02. The third-order valence-corrected chi connectivity index (χ3v) is 4.07. The predicted molar refractivity (Wildman–Crippen MR) is 47.6 cm³/mol. The van der Waals surface area contributed by atoms with Crippen LogP contribution in [0.4, 0.5) is 0 Å². The Kier molecular flexibility index (Phi) is 2.36. The van der Waals surface area contributed by atoms with Crippen LogP contribution in [0.2, 0.25) is 0 Å². The van der Waals surface area contributed by atoms with Gasteiger partial charge in [0, 0.05) is 5.41 Å². The molecule has 0 amide bonds. The van der Waals surface area contributed by atoms with Crippen LogP contribution in [0.15, 0.2) is 0 Å². The van der Waals surface area contributed by atoms with Gasteiger partial charge in [-0.25, -0.2) is 0 Å². The van der Waals surface area contributed by atoms with E-state index in [0.29, 0.717) is 0 Å². The van der Waals surface area contributed by atoms with Crippen molar-refractivity contribution in [2.75, 3.05) is 0 Å². The van der Waals surface area contributed by atoms with Crippen LogP contribution in [-0.2, 0) is 19.7 Å². The second-order valence-electron chi connectivity index (χ2n) is 4.26. The Bertz CT molecular complexity index is 210. The van der Waals surface area contributed by atoms with Crippen molar-refractivity contribution in [1.82, 2.24) is 0 Å². The highest BCUT2D eigenvalue weighted by atomic mass is 32.2. The molecule has 0 aromatic rings. The number of rotatable bonds is 0. The van der Waals surface area contributed by atoms with E-state index in [1.807, 2.05) is 34.6 Å². The van der Waals surface area contributed by atoms with Gasteiger partial charge in [0.25, 0.3) is 0 Å². The lowest BCUT2D eigenvalue weighted by molar-refractivity contribution is -0.105. The minimum atomic E-state index is -1.59. The lowest BCUT2D eigenvalue weighted by Crippen LogP contribution is -2.53. The minimum Gasteiger partial charge on any atom is -0.265 e. The van der Waals surface area contributed by atoms with Crippen molar-refractivity contribution < 1.29 is 12.6 Å². The summed E-state index contributed by atoms with van der Waals surface area (Å²) in [4.78, 5) is 0. The van der Waals surface area contributed by atoms with Crippen molar-refractivity contribution in [3.05, 3.63) is 0 Å². The van der Waals surface area contributed by atoms with Crippen LogP contribution >= 0.6 is 0 Å². The molecule has 0 aliphatic carbocycles. The first-order valence-corrected chi connectivity index (χ1v) is 5.06. The van der Waals surface area contributed by atoms with Crippen LogP contribution < -0.4 is 0 Å². The fraction of sp³-hybridized carbons (Fsp3) is 1.00. The zero-order valence-corrected chi connectivity index (χ0v) is 9.03. The van der Waals surface area contributed by atoms with Gasteiger partial charge in [-0.3, -0.25) is 8.37 Å². The summed E-state index contributed by atoms with van der Waals surface area (Å²) in [5, 5.41) is 0. The Morgan fingerprint density at radius 3 is 2.17 bits per heavy atom. The van der Waals surface area contributed by atoms with E-state index in [2.05, 4.69) is 0 Å². The van der Waals surface area contributed by atoms with Gasteiger partial charge in [-0.2, -0.15) is 4.21 Å². The van der Waals surface area contributed by atoms with E-state index < -0.39 is 17.0 Å². The van der Waals surface area contributed by atoms with Crippen LogP contribution in [0, 0.1) is 5.41 Å². The highest BCUT2D eigenvalue weighted by molar-refractivity contribution is 7.75. The van der Waals surface area contributed by atoms with Gasteiger partial charge in [0.15, 0.2) is 0 Å². The van der Waals surface area contributed by atoms with Crippen molar-refractivity contribution in [2.24, 2.45) is 5.41 Å². The molecule has 0 spiro atoms. The van der Waals surface area contributed by atoms with E-state index in [1.54, 1.807) is 0 Å². The molecule has 4 heteroatoms. The molecule has 0 aromatic carbocycles. The summed E-state index contributed by atoms with van der Waals surface area (Å²) in [5.74, 6) is 0. The van der Waals surface area contributed by atoms with E-state index >= 15 is 0 Å². The van der Waals surface area contributed by atoms with Gasteiger partial charge in [0.1, 0.15) is 0 Å². The Morgan fingerprint density at radius 1 is 1.25 bits per heavy atom.